The van der Waals surface area contributed by atoms with Crippen LogP contribution in [0.15, 0.2) is 37.4 Å². The summed E-state index contributed by atoms with van der Waals surface area (Å²) in [5.41, 5.74) is 0. The van der Waals surface area contributed by atoms with Crippen molar-refractivity contribution in [1.29, 1.82) is 0 Å². The van der Waals surface area contributed by atoms with Crippen LogP contribution in [0.3, 0.4) is 0 Å². The van der Waals surface area contributed by atoms with Gasteiger partial charge in [0.25, 0.3) is 10.1 Å². The van der Waals surface area contributed by atoms with E-state index in [0.717, 1.165) is 0 Å². The zero-order valence-corrected chi connectivity index (χ0v) is 8.85. The van der Waals surface area contributed by atoms with E-state index < -0.39 is 10.1 Å². The Morgan fingerprint density at radius 3 is 1.47 bits per heavy atom. The van der Waals surface area contributed by atoms with E-state index in [2.05, 4.69) is 19.9 Å². The maximum absolute atomic E-state index is 9.19. The molecule has 0 fully saturated rings. The largest absolute Gasteiger partial charge is 0.351 e. The third-order valence-corrected chi connectivity index (χ3v) is 0.812. The minimum Gasteiger partial charge on any atom is -0.351 e. The summed E-state index contributed by atoms with van der Waals surface area (Å²) in [5, 5.41) is 0. The zero-order chi connectivity index (χ0) is 11.6. The Morgan fingerprint density at radius 2 is 1.40 bits per heavy atom. The molecular formula is C7H12N4O3S. The summed E-state index contributed by atoms with van der Waals surface area (Å²) in [6.45, 7) is 0. The Morgan fingerprint density at radius 1 is 1.07 bits per heavy atom. The normalized spacial score (nSPS) is 9.20. The third kappa shape index (κ3) is 19.0. The number of aromatic nitrogens is 4. The van der Waals surface area contributed by atoms with E-state index in [1.54, 1.807) is 37.4 Å². The van der Waals surface area contributed by atoms with Crippen LogP contribution in [0.25, 0.3) is 0 Å². The van der Waals surface area contributed by atoms with Crippen LogP contribution in [-0.4, -0.2) is 39.2 Å². The number of rotatable bonds is 0. The standard InChI is InChI=1S/2C3H4N2.CH4O3S/c2*1-2-5-3-4-1;1-5(2,3)4/h2*1-3H,(H,4,5);1H3,(H,2,3,4). The van der Waals surface area contributed by atoms with Gasteiger partial charge in [0.15, 0.2) is 0 Å². The van der Waals surface area contributed by atoms with Gasteiger partial charge in [0.2, 0.25) is 0 Å². The molecule has 2 heterocycles. The van der Waals surface area contributed by atoms with Gasteiger partial charge in [0.05, 0.1) is 18.9 Å². The molecule has 84 valence electrons. The molecule has 2 aromatic heterocycles. The summed E-state index contributed by atoms with van der Waals surface area (Å²) >= 11 is 0. The van der Waals surface area contributed by atoms with E-state index in [1.807, 2.05) is 0 Å². The number of nitrogens with one attached hydrogen (secondary N) is 2. The van der Waals surface area contributed by atoms with Crippen molar-refractivity contribution < 1.29 is 13.0 Å². The van der Waals surface area contributed by atoms with Gasteiger partial charge in [-0.25, -0.2) is 9.97 Å². The smallest absolute Gasteiger partial charge is 0.261 e. The quantitative estimate of drug-likeness (QED) is 0.566. The fourth-order valence-corrected chi connectivity index (χ4v) is 0.430. The molecule has 0 aliphatic heterocycles. The van der Waals surface area contributed by atoms with Gasteiger partial charge >= 0.3 is 0 Å². The molecule has 0 saturated heterocycles. The molecule has 0 aliphatic carbocycles. The van der Waals surface area contributed by atoms with Crippen LogP contribution < -0.4 is 0 Å². The molecule has 0 saturated carbocycles. The van der Waals surface area contributed by atoms with Crippen molar-refractivity contribution >= 4 is 10.1 Å². The molecule has 3 N–H and O–H groups in total. The van der Waals surface area contributed by atoms with Crippen molar-refractivity contribution in [2.24, 2.45) is 0 Å². The lowest BCUT2D eigenvalue weighted by Crippen LogP contribution is -1.88. The molecule has 0 radical (unpaired) electrons. The average molecular weight is 232 g/mol. The van der Waals surface area contributed by atoms with Crippen molar-refractivity contribution in [3.8, 4) is 0 Å². The lowest BCUT2D eigenvalue weighted by Gasteiger charge is -1.69. The lowest BCUT2D eigenvalue weighted by molar-refractivity contribution is 0.490. The Kier molecular flexibility index (Phi) is 6.85. The Bertz CT molecular complexity index is 327. The number of nitrogens with zero attached hydrogens (tertiary/aromatic N) is 2. The summed E-state index contributed by atoms with van der Waals surface area (Å²) in [6, 6.07) is 0. The second kappa shape index (κ2) is 7.71. The first-order valence-corrected chi connectivity index (χ1v) is 5.63. The van der Waals surface area contributed by atoms with E-state index in [-0.39, 0.29) is 0 Å². The average Bonchev–Trinajstić information content (AvgIpc) is 2.81. The molecule has 0 aliphatic rings. The van der Waals surface area contributed by atoms with E-state index in [4.69, 9.17) is 4.55 Å². The highest BCUT2D eigenvalue weighted by Crippen LogP contribution is 1.63. The van der Waals surface area contributed by atoms with Gasteiger partial charge in [-0.3, -0.25) is 4.55 Å². The maximum atomic E-state index is 9.19. The van der Waals surface area contributed by atoms with Crippen molar-refractivity contribution in [1.82, 2.24) is 19.9 Å². The van der Waals surface area contributed by atoms with Gasteiger partial charge in [-0.05, 0) is 0 Å². The first-order chi connectivity index (χ1) is 7.00. The molecule has 8 heteroatoms. The van der Waals surface area contributed by atoms with Gasteiger partial charge in [0.1, 0.15) is 0 Å². The second-order valence-corrected chi connectivity index (χ2v) is 3.72. The van der Waals surface area contributed by atoms with Gasteiger partial charge in [-0.15, -0.1) is 0 Å². The van der Waals surface area contributed by atoms with Crippen molar-refractivity contribution in [2.75, 3.05) is 6.26 Å². The summed E-state index contributed by atoms with van der Waals surface area (Å²) < 4.78 is 25.9. The molecule has 2 aromatic rings. The Balaban J connectivity index is 0.000000196. The van der Waals surface area contributed by atoms with Crippen LogP contribution in [0.2, 0.25) is 0 Å². The summed E-state index contributed by atoms with van der Waals surface area (Å²) in [7, 11) is -3.67. The van der Waals surface area contributed by atoms with Crippen molar-refractivity contribution in [2.45, 2.75) is 0 Å². The SMILES string of the molecule is CS(=O)(=O)O.c1c[nH]cn1.c1c[nH]cn1. The second-order valence-electron chi connectivity index (χ2n) is 2.25. The summed E-state index contributed by atoms with van der Waals surface area (Å²) in [6.07, 6.45) is 10.9. The Labute approximate surface area is 87.4 Å². The van der Waals surface area contributed by atoms with Crippen LogP contribution in [0.1, 0.15) is 0 Å². The number of hydrogen-bond acceptors (Lipinski definition) is 4. The molecule has 0 aromatic carbocycles. The predicted octanol–water partition coefficient (Wildman–Crippen LogP) is 0.323. The number of aromatic amines is 2. The molecule has 7 nitrogen and oxygen atoms in total. The number of H-pyrrole nitrogens is 2. The highest BCUT2D eigenvalue weighted by Gasteiger charge is 1.81. The van der Waals surface area contributed by atoms with Crippen molar-refractivity contribution in [3.05, 3.63) is 37.4 Å². The van der Waals surface area contributed by atoms with Crippen LogP contribution in [-0.2, 0) is 10.1 Å². The molecule has 0 atom stereocenters. The van der Waals surface area contributed by atoms with Gasteiger partial charge in [-0.1, -0.05) is 0 Å². The fraction of sp³-hybridized carbons (Fsp3) is 0.143. The van der Waals surface area contributed by atoms with Crippen LogP contribution >= 0.6 is 0 Å². The van der Waals surface area contributed by atoms with Crippen molar-refractivity contribution in [3.63, 3.8) is 0 Å². The zero-order valence-electron chi connectivity index (χ0n) is 8.03. The highest BCUT2D eigenvalue weighted by molar-refractivity contribution is 7.85. The first-order valence-electron chi connectivity index (χ1n) is 3.78. The third-order valence-electron chi connectivity index (χ3n) is 0.812. The minimum atomic E-state index is -3.67. The van der Waals surface area contributed by atoms with Gasteiger partial charge < -0.3 is 9.97 Å². The van der Waals surface area contributed by atoms with E-state index in [1.165, 1.54) is 0 Å². The van der Waals surface area contributed by atoms with Crippen LogP contribution in [0.4, 0.5) is 0 Å². The Hall–Kier alpha value is -1.67. The lowest BCUT2D eigenvalue weighted by atomic mass is 11.0. The minimum absolute atomic E-state index is 0.715. The molecule has 15 heavy (non-hydrogen) atoms. The highest BCUT2D eigenvalue weighted by atomic mass is 32.2. The number of imidazole rings is 2. The topological polar surface area (TPSA) is 112 Å². The monoisotopic (exact) mass is 232 g/mol. The molecule has 0 bridgehead atoms. The van der Waals surface area contributed by atoms with E-state index in [0.29, 0.717) is 6.26 Å². The van der Waals surface area contributed by atoms with Gasteiger partial charge in [-0.2, -0.15) is 8.42 Å². The first kappa shape index (κ1) is 13.3. The summed E-state index contributed by atoms with van der Waals surface area (Å²) in [4.78, 5) is 12.8. The molecule has 0 spiro atoms. The summed E-state index contributed by atoms with van der Waals surface area (Å²) in [5.74, 6) is 0. The fourth-order valence-electron chi connectivity index (χ4n) is 0.430. The van der Waals surface area contributed by atoms with Gasteiger partial charge in [0, 0.05) is 24.8 Å². The molecular weight excluding hydrogens is 220 g/mol. The molecule has 0 amide bonds. The number of hydrogen-bond donors (Lipinski definition) is 3. The maximum Gasteiger partial charge on any atom is 0.261 e. The van der Waals surface area contributed by atoms with E-state index in [9.17, 15) is 8.42 Å². The molecule has 0 unspecified atom stereocenters. The predicted molar refractivity (Wildman–Crippen MR) is 54.6 cm³/mol. The van der Waals surface area contributed by atoms with Crippen LogP contribution in [0.5, 0.6) is 0 Å². The van der Waals surface area contributed by atoms with Crippen LogP contribution in [0, 0.1) is 0 Å². The molecule has 2 rings (SSSR count). The van der Waals surface area contributed by atoms with E-state index >= 15 is 0 Å².